The third-order valence-electron chi connectivity index (χ3n) is 9.86. The molecule has 4 aliphatic rings. The first-order valence-corrected chi connectivity index (χ1v) is 14.4. The predicted molar refractivity (Wildman–Crippen MR) is 155 cm³/mol. The van der Waals surface area contributed by atoms with Crippen molar-refractivity contribution in [3.8, 4) is 11.1 Å². The molecule has 1 spiro atoms. The Bertz CT molecular complexity index is 1250. The van der Waals surface area contributed by atoms with Gasteiger partial charge in [0, 0.05) is 85.7 Å². The highest BCUT2D eigenvalue weighted by atomic mass is 35.5. The van der Waals surface area contributed by atoms with Gasteiger partial charge in [0.1, 0.15) is 0 Å². The lowest BCUT2D eigenvalue weighted by Crippen LogP contribution is -2.62. The van der Waals surface area contributed by atoms with Gasteiger partial charge < -0.3 is 26.1 Å². The van der Waals surface area contributed by atoms with Crippen molar-refractivity contribution in [2.45, 2.75) is 77.1 Å². The van der Waals surface area contributed by atoms with E-state index in [2.05, 4.69) is 40.6 Å². The van der Waals surface area contributed by atoms with Crippen LogP contribution in [0.25, 0.3) is 11.1 Å². The summed E-state index contributed by atoms with van der Waals surface area (Å²) in [5, 5.41) is 17.7. The smallest absolute Gasteiger partial charge is 0.159 e. The molecule has 9 heteroatoms. The van der Waals surface area contributed by atoms with Crippen molar-refractivity contribution in [3.63, 3.8) is 0 Å². The number of nitrogens with zero attached hydrogens (tertiary/aromatic N) is 4. The molecule has 1 atom stereocenters. The number of halogens is 1. The molecule has 6 rings (SSSR count). The number of hydrogen-bond donors (Lipinski definition) is 3. The Morgan fingerprint density at radius 2 is 1.87 bits per heavy atom. The van der Waals surface area contributed by atoms with Crippen LogP contribution in [0.4, 0.5) is 11.5 Å². The van der Waals surface area contributed by atoms with Gasteiger partial charge in [-0.2, -0.15) is 5.10 Å². The molecule has 4 fully saturated rings. The van der Waals surface area contributed by atoms with Crippen LogP contribution in [0.5, 0.6) is 0 Å². The first-order chi connectivity index (χ1) is 18.1. The van der Waals surface area contributed by atoms with Gasteiger partial charge in [-0.25, -0.2) is 0 Å². The van der Waals surface area contributed by atoms with Crippen molar-refractivity contribution in [1.82, 2.24) is 20.0 Å². The summed E-state index contributed by atoms with van der Waals surface area (Å²) in [5.74, 6) is 0.979. The maximum atomic E-state index is 8.23. The molecule has 38 heavy (non-hydrogen) atoms. The molecular formula is C29H42ClN7O. The molecule has 8 nitrogen and oxygen atoms in total. The van der Waals surface area contributed by atoms with E-state index in [4.69, 9.17) is 32.6 Å². The Morgan fingerprint density at radius 3 is 2.45 bits per heavy atom. The fraction of sp³-hybridized carbons (Fsp3) is 0.655. The summed E-state index contributed by atoms with van der Waals surface area (Å²) in [6.45, 7) is 14.0. The molecule has 4 N–H and O–H groups in total. The van der Waals surface area contributed by atoms with Gasteiger partial charge in [-0.15, -0.1) is 0 Å². The van der Waals surface area contributed by atoms with Crippen LogP contribution in [0.3, 0.4) is 0 Å². The molecule has 2 aromatic rings. The van der Waals surface area contributed by atoms with Gasteiger partial charge >= 0.3 is 0 Å². The van der Waals surface area contributed by atoms with Crippen molar-refractivity contribution in [2.24, 2.45) is 5.41 Å². The number of likely N-dealkylation sites (tertiary alicyclic amines) is 1. The van der Waals surface area contributed by atoms with Crippen LogP contribution in [-0.4, -0.2) is 78.4 Å². The van der Waals surface area contributed by atoms with Crippen LogP contribution in [0.1, 0.15) is 62.4 Å². The number of hydrogen-bond acceptors (Lipinski definition) is 7. The fourth-order valence-corrected chi connectivity index (χ4v) is 7.70. The van der Waals surface area contributed by atoms with E-state index < -0.39 is 0 Å². The zero-order valence-corrected chi connectivity index (χ0v) is 24.2. The average Bonchev–Trinajstić information content (AvgIpc) is 3.09. The highest BCUT2D eigenvalue weighted by Gasteiger charge is 2.50. The lowest BCUT2D eigenvalue weighted by molar-refractivity contribution is -0.0598. The molecule has 1 saturated carbocycles. The van der Waals surface area contributed by atoms with E-state index in [1.807, 2.05) is 20.1 Å². The number of methoxy groups -OCH3 is 1. The number of benzene rings is 1. The summed E-state index contributed by atoms with van der Waals surface area (Å²) in [5.41, 5.74) is 12.0. The summed E-state index contributed by atoms with van der Waals surface area (Å²) < 4.78 is 7.80. The Hall–Kier alpha value is -2.13. The second-order valence-corrected chi connectivity index (χ2v) is 13.2. The Morgan fingerprint density at radius 1 is 1.16 bits per heavy atom. The number of rotatable bonds is 6. The van der Waals surface area contributed by atoms with Gasteiger partial charge in [-0.05, 0) is 70.4 Å². The van der Waals surface area contributed by atoms with E-state index in [9.17, 15) is 0 Å². The second-order valence-electron chi connectivity index (χ2n) is 12.8. The number of anilines is 2. The number of nitrogens with two attached hydrogens (primary N) is 1. The first-order valence-electron chi connectivity index (χ1n) is 14.0. The van der Waals surface area contributed by atoms with E-state index in [0.29, 0.717) is 39.9 Å². The van der Waals surface area contributed by atoms with Crippen LogP contribution in [0, 0.1) is 24.7 Å². The van der Waals surface area contributed by atoms with Gasteiger partial charge in [0.2, 0.25) is 0 Å². The van der Waals surface area contributed by atoms with Crippen molar-refractivity contribution >= 4 is 29.3 Å². The molecule has 1 aromatic heterocycles. The van der Waals surface area contributed by atoms with Gasteiger partial charge in [-0.1, -0.05) is 11.6 Å². The normalized spacial score (nSPS) is 25.2. The number of aryl methyl sites for hydroxylation is 1. The molecule has 206 valence electrons. The van der Waals surface area contributed by atoms with Crippen LogP contribution >= 0.6 is 11.6 Å². The number of nitrogens with one attached hydrogen (secondary N) is 2. The summed E-state index contributed by atoms with van der Waals surface area (Å²) >= 11 is 7.03. The monoisotopic (exact) mass is 539 g/mol. The van der Waals surface area contributed by atoms with Gasteiger partial charge in [-0.3, -0.25) is 9.58 Å². The lowest BCUT2D eigenvalue weighted by atomic mass is 9.61. The van der Waals surface area contributed by atoms with E-state index in [0.717, 1.165) is 86.6 Å². The molecule has 3 saturated heterocycles. The minimum atomic E-state index is -0.0904. The average molecular weight is 540 g/mol. The highest BCUT2D eigenvalue weighted by Crippen LogP contribution is 2.53. The Kier molecular flexibility index (Phi) is 6.34. The van der Waals surface area contributed by atoms with Crippen molar-refractivity contribution in [1.29, 1.82) is 5.41 Å². The fourth-order valence-electron chi connectivity index (χ4n) is 7.45. The van der Waals surface area contributed by atoms with Crippen LogP contribution in [-0.2, 0) is 4.74 Å². The molecular weight excluding hydrogens is 498 g/mol. The minimum Gasteiger partial charge on any atom is -0.398 e. The Balaban J connectivity index is 1.41. The third kappa shape index (κ3) is 3.98. The van der Waals surface area contributed by atoms with Crippen LogP contribution < -0.4 is 16.0 Å². The summed E-state index contributed by atoms with van der Waals surface area (Å²) in [6, 6.07) is 2.81. The van der Waals surface area contributed by atoms with E-state index in [1.165, 1.54) is 6.21 Å². The largest absolute Gasteiger partial charge is 0.398 e. The SMILES string of the molecule is COC1CN(C2CCN(c3nn(C4CC5(CNC5)C4)c(C)c3-c3c(Cl)c(C)cc(N)c3C=N)C(C)(C)C2)C1. The van der Waals surface area contributed by atoms with Gasteiger partial charge in [0.25, 0.3) is 0 Å². The van der Waals surface area contributed by atoms with Gasteiger partial charge in [0.15, 0.2) is 5.82 Å². The highest BCUT2D eigenvalue weighted by molar-refractivity contribution is 6.35. The number of aromatic nitrogens is 2. The molecule has 1 aromatic carbocycles. The van der Waals surface area contributed by atoms with E-state index >= 15 is 0 Å². The molecule has 0 bridgehead atoms. The maximum Gasteiger partial charge on any atom is 0.159 e. The number of nitrogen functional groups attached to an aromatic ring is 1. The predicted octanol–water partition coefficient (Wildman–Crippen LogP) is 4.40. The zero-order chi connectivity index (χ0) is 27.0. The maximum absolute atomic E-state index is 8.23. The Labute approximate surface area is 231 Å². The molecule has 0 radical (unpaired) electrons. The minimum absolute atomic E-state index is 0.0904. The first kappa shape index (κ1) is 26.1. The summed E-state index contributed by atoms with van der Waals surface area (Å²) in [6.07, 6.45) is 6.18. The van der Waals surface area contributed by atoms with Crippen LogP contribution in [0.2, 0.25) is 5.02 Å². The second kappa shape index (κ2) is 9.22. The van der Waals surface area contributed by atoms with Crippen LogP contribution in [0.15, 0.2) is 6.07 Å². The topological polar surface area (TPSA) is 95.4 Å². The van der Waals surface area contributed by atoms with Crippen molar-refractivity contribution < 1.29 is 4.74 Å². The lowest BCUT2D eigenvalue weighted by Gasteiger charge is -2.54. The van der Waals surface area contributed by atoms with E-state index in [-0.39, 0.29) is 5.54 Å². The van der Waals surface area contributed by atoms with Crippen molar-refractivity contribution in [3.05, 3.63) is 27.9 Å². The molecule has 4 heterocycles. The summed E-state index contributed by atoms with van der Waals surface area (Å²) in [7, 11) is 1.81. The van der Waals surface area contributed by atoms with Crippen molar-refractivity contribution in [2.75, 3.05) is 50.5 Å². The molecule has 1 unspecified atom stereocenters. The standard InChI is InChI=1S/C29H42ClN7O/c1-17-8-23(32)22(12-31)25(26(17)30)24-18(2)37(20-10-29(11-20)15-33-16-29)34-27(24)36-7-6-19(9-28(36,3)4)35-13-21(14-35)38-5/h8,12,19-21,31,33H,6-7,9-11,13-16,32H2,1-5H3. The number of ether oxygens (including phenoxy) is 1. The molecule has 3 aliphatic heterocycles. The third-order valence-corrected chi connectivity index (χ3v) is 10.3. The quantitative estimate of drug-likeness (QED) is 0.372. The molecule has 1 aliphatic carbocycles. The number of piperidine rings is 1. The molecule has 0 amide bonds. The van der Waals surface area contributed by atoms with E-state index in [1.54, 1.807) is 0 Å². The van der Waals surface area contributed by atoms with Gasteiger partial charge in [0.05, 0.1) is 17.2 Å². The zero-order valence-electron chi connectivity index (χ0n) is 23.4. The summed E-state index contributed by atoms with van der Waals surface area (Å²) in [4.78, 5) is 5.07.